The van der Waals surface area contributed by atoms with E-state index in [9.17, 15) is 4.79 Å². The van der Waals surface area contributed by atoms with Crippen LogP contribution in [0.25, 0.3) is 11.0 Å². The van der Waals surface area contributed by atoms with Crippen molar-refractivity contribution < 1.29 is 4.79 Å². The van der Waals surface area contributed by atoms with Crippen LogP contribution in [-0.4, -0.2) is 15.5 Å². The highest BCUT2D eigenvalue weighted by atomic mass is 16.1. The van der Waals surface area contributed by atoms with Crippen molar-refractivity contribution >= 4 is 22.9 Å². The van der Waals surface area contributed by atoms with E-state index in [4.69, 9.17) is 11.5 Å². The number of nitrogen functional groups attached to an aromatic ring is 1. The summed E-state index contributed by atoms with van der Waals surface area (Å²) < 4.78 is 1.79. The Labute approximate surface area is 86.7 Å². The Morgan fingerprint density at radius 3 is 2.87 bits per heavy atom. The van der Waals surface area contributed by atoms with Crippen molar-refractivity contribution in [2.75, 3.05) is 5.73 Å². The van der Waals surface area contributed by atoms with E-state index in [0.717, 1.165) is 11.0 Å². The normalized spacial score (nSPS) is 10.7. The van der Waals surface area contributed by atoms with E-state index in [-0.39, 0.29) is 12.3 Å². The van der Waals surface area contributed by atoms with Crippen molar-refractivity contribution in [3.63, 3.8) is 0 Å². The molecule has 0 aliphatic rings. The summed E-state index contributed by atoms with van der Waals surface area (Å²) in [5.41, 5.74) is 12.6. The maximum absolute atomic E-state index is 10.7. The summed E-state index contributed by atoms with van der Waals surface area (Å²) in [7, 11) is 0. The fraction of sp³-hybridized carbons (Fsp3) is 0.200. The Balaban J connectivity index is 2.40. The van der Waals surface area contributed by atoms with Gasteiger partial charge in [0.2, 0.25) is 11.9 Å². The number of para-hydroxylation sites is 2. The van der Waals surface area contributed by atoms with Gasteiger partial charge >= 0.3 is 0 Å². The number of hydrogen-bond donors (Lipinski definition) is 2. The number of nitrogens with two attached hydrogens (primary N) is 2. The van der Waals surface area contributed by atoms with Crippen molar-refractivity contribution in [2.45, 2.75) is 13.0 Å². The monoisotopic (exact) mass is 204 g/mol. The third kappa shape index (κ3) is 1.76. The lowest BCUT2D eigenvalue weighted by atomic mass is 10.3. The summed E-state index contributed by atoms with van der Waals surface area (Å²) in [4.78, 5) is 14.9. The van der Waals surface area contributed by atoms with Gasteiger partial charge in [0.1, 0.15) is 0 Å². The fourth-order valence-electron chi connectivity index (χ4n) is 1.55. The smallest absolute Gasteiger partial charge is 0.219 e. The van der Waals surface area contributed by atoms with Crippen LogP contribution in [-0.2, 0) is 11.3 Å². The highest BCUT2D eigenvalue weighted by molar-refractivity contribution is 5.79. The molecule has 2 rings (SSSR count). The molecule has 0 spiro atoms. The van der Waals surface area contributed by atoms with Gasteiger partial charge in [0.15, 0.2) is 0 Å². The second kappa shape index (κ2) is 3.61. The summed E-state index contributed by atoms with van der Waals surface area (Å²) in [6, 6.07) is 7.60. The molecule has 0 saturated heterocycles. The minimum atomic E-state index is -0.341. The maximum atomic E-state index is 10.7. The molecule has 4 N–H and O–H groups in total. The Morgan fingerprint density at radius 1 is 1.40 bits per heavy atom. The minimum absolute atomic E-state index is 0.268. The minimum Gasteiger partial charge on any atom is -0.370 e. The van der Waals surface area contributed by atoms with E-state index in [1.165, 1.54) is 0 Å². The Morgan fingerprint density at radius 2 is 2.13 bits per heavy atom. The van der Waals surface area contributed by atoms with Crippen LogP contribution in [0, 0.1) is 0 Å². The van der Waals surface area contributed by atoms with Crippen LogP contribution in [0.3, 0.4) is 0 Å². The third-order valence-corrected chi connectivity index (χ3v) is 2.27. The number of fused-ring (bicyclic) bond motifs is 1. The lowest BCUT2D eigenvalue weighted by Gasteiger charge is -2.03. The lowest BCUT2D eigenvalue weighted by molar-refractivity contribution is -0.118. The number of amides is 1. The van der Waals surface area contributed by atoms with Gasteiger partial charge in [0, 0.05) is 13.0 Å². The zero-order chi connectivity index (χ0) is 10.8. The molecule has 15 heavy (non-hydrogen) atoms. The van der Waals surface area contributed by atoms with E-state index in [1.54, 1.807) is 4.57 Å². The van der Waals surface area contributed by atoms with Gasteiger partial charge in [-0.2, -0.15) is 0 Å². The SMILES string of the molecule is NC(=O)CCn1c(N)nc2ccccc21. The summed E-state index contributed by atoms with van der Waals surface area (Å²) >= 11 is 0. The topological polar surface area (TPSA) is 86.9 Å². The number of carbonyl (C=O) groups excluding carboxylic acids is 1. The van der Waals surface area contributed by atoms with E-state index in [1.807, 2.05) is 24.3 Å². The molecule has 2 aromatic rings. The van der Waals surface area contributed by atoms with Crippen molar-refractivity contribution in [3.05, 3.63) is 24.3 Å². The first kappa shape index (κ1) is 9.51. The number of aromatic nitrogens is 2. The molecule has 0 unspecified atom stereocenters. The second-order valence-electron chi connectivity index (χ2n) is 3.33. The van der Waals surface area contributed by atoms with Crippen LogP contribution in [0.1, 0.15) is 6.42 Å². The number of carbonyl (C=O) groups is 1. The molecule has 1 heterocycles. The number of rotatable bonds is 3. The standard InChI is InChI=1S/C10H12N4O/c11-9(15)5-6-14-8-4-2-1-3-7(8)13-10(14)12/h1-4H,5-6H2,(H2,11,15)(H2,12,13). The molecular weight excluding hydrogens is 192 g/mol. The number of hydrogen-bond acceptors (Lipinski definition) is 3. The molecule has 78 valence electrons. The summed E-state index contributed by atoms with van der Waals surface area (Å²) in [6.45, 7) is 0.474. The summed E-state index contributed by atoms with van der Waals surface area (Å²) in [5, 5.41) is 0. The summed E-state index contributed by atoms with van der Waals surface area (Å²) in [5.74, 6) is 0.0737. The Hall–Kier alpha value is -2.04. The van der Waals surface area contributed by atoms with E-state index >= 15 is 0 Å². The molecule has 1 amide bonds. The fourth-order valence-corrected chi connectivity index (χ4v) is 1.55. The molecule has 0 fully saturated rings. The first-order chi connectivity index (χ1) is 7.18. The second-order valence-corrected chi connectivity index (χ2v) is 3.33. The zero-order valence-corrected chi connectivity index (χ0v) is 8.18. The van der Waals surface area contributed by atoms with Gasteiger partial charge in [-0.25, -0.2) is 4.98 Å². The quantitative estimate of drug-likeness (QED) is 0.762. The van der Waals surface area contributed by atoms with Gasteiger partial charge in [-0.15, -0.1) is 0 Å². The van der Waals surface area contributed by atoms with Gasteiger partial charge in [-0.3, -0.25) is 4.79 Å². The van der Waals surface area contributed by atoms with Crippen molar-refractivity contribution in [1.82, 2.24) is 9.55 Å². The van der Waals surface area contributed by atoms with Gasteiger partial charge in [0.05, 0.1) is 11.0 Å². The van der Waals surface area contributed by atoms with Gasteiger partial charge in [-0.05, 0) is 12.1 Å². The van der Waals surface area contributed by atoms with E-state index in [2.05, 4.69) is 4.98 Å². The lowest BCUT2D eigenvalue weighted by Crippen LogP contribution is -2.14. The van der Waals surface area contributed by atoms with Gasteiger partial charge in [0.25, 0.3) is 0 Å². The number of anilines is 1. The van der Waals surface area contributed by atoms with Crippen molar-refractivity contribution in [1.29, 1.82) is 0 Å². The molecule has 5 nitrogen and oxygen atoms in total. The molecule has 0 saturated carbocycles. The number of imidazole rings is 1. The number of aryl methyl sites for hydroxylation is 1. The first-order valence-electron chi connectivity index (χ1n) is 4.67. The van der Waals surface area contributed by atoms with Crippen LogP contribution < -0.4 is 11.5 Å². The molecule has 5 heteroatoms. The Kier molecular flexibility index (Phi) is 2.29. The van der Waals surface area contributed by atoms with Crippen molar-refractivity contribution in [2.24, 2.45) is 5.73 Å². The number of nitrogens with zero attached hydrogens (tertiary/aromatic N) is 2. The molecule has 0 bridgehead atoms. The van der Waals surface area contributed by atoms with Crippen LogP contribution in [0.15, 0.2) is 24.3 Å². The predicted octanol–water partition coefficient (Wildman–Crippen LogP) is 0.494. The van der Waals surface area contributed by atoms with Gasteiger partial charge in [-0.1, -0.05) is 12.1 Å². The third-order valence-electron chi connectivity index (χ3n) is 2.27. The Bertz CT molecular complexity index is 503. The maximum Gasteiger partial charge on any atom is 0.219 e. The zero-order valence-electron chi connectivity index (χ0n) is 8.18. The molecular formula is C10H12N4O. The summed E-state index contributed by atoms with van der Waals surface area (Å²) in [6.07, 6.45) is 0.268. The van der Waals surface area contributed by atoms with Crippen LogP contribution >= 0.6 is 0 Å². The molecule has 0 aliphatic heterocycles. The molecule has 0 radical (unpaired) electrons. The van der Waals surface area contributed by atoms with Crippen LogP contribution in [0.5, 0.6) is 0 Å². The van der Waals surface area contributed by atoms with E-state index < -0.39 is 0 Å². The molecule has 0 atom stereocenters. The van der Waals surface area contributed by atoms with Crippen molar-refractivity contribution in [3.8, 4) is 0 Å². The average Bonchev–Trinajstić information content (AvgIpc) is 2.50. The van der Waals surface area contributed by atoms with Crippen LogP contribution in [0.2, 0.25) is 0 Å². The predicted molar refractivity (Wildman–Crippen MR) is 58.0 cm³/mol. The molecule has 1 aromatic heterocycles. The van der Waals surface area contributed by atoms with Gasteiger partial charge < -0.3 is 16.0 Å². The average molecular weight is 204 g/mol. The first-order valence-corrected chi connectivity index (χ1v) is 4.67. The number of primary amides is 1. The van der Waals surface area contributed by atoms with Crippen LogP contribution in [0.4, 0.5) is 5.95 Å². The molecule has 1 aromatic carbocycles. The highest BCUT2D eigenvalue weighted by Gasteiger charge is 2.07. The van der Waals surface area contributed by atoms with E-state index in [0.29, 0.717) is 12.5 Å². The highest BCUT2D eigenvalue weighted by Crippen LogP contribution is 2.17. The number of benzene rings is 1. The largest absolute Gasteiger partial charge is 0.370 e. The molecule has 0 aliphatic carbocycles.